The summed E-state index contributed by atoms with van der Waals surface area (Å²) in [5.74, 6) is -1.68. The van der Waals surface area contributed by atoms with E-state index in [-0.39, 0.29) is 5.92 Å². The number of halogens is 2. The molecule has 122 valence electrons. The maximum atomic E-state index is 14.0. The highest BCUT2D eigenvalue weighted by molar-refractivity contribution is 5.42. The highest BCUT2D eigenvalue weighted by Gasteiger charge is 2.26. The molecular weight excluding hydrogens is 294 g/mol. The first-order valence-electron chi connectivity index (χ1n) is 8.29. The minimum atomic E-state index is -0.867. The van der Waals surface area contributed by atoms with Gasteiger partial charge in [0.05, 0.1) is 0 Å². The summed E-state index contributed by atoms with van der Waals surface area (Å²) in [4.78, 5) is 0. The highest BCUT2D eigenvalue weighted by Crippen LogP contribution is 2.37. The van der Waals surface area contributed by atoms with E-state index in [0.29, 0.717) is 29.9 Å². The van der Waals surface area contributed by atoms with Gasteiger partial charge in [0.2, 0.25) is 0 Å². The molecule has 0 fully saturated rings. The zero-order valence-corrected chi connectivity index (χ0v) is 13.6. The van der Waals surface area contributed by atoms with Gasteiger partial charge in [-0.05, 0) is 65.8 Å². The van der Waals surface area contributed by atoms with Crippen LogP contribution in [-0.2, 0) is 12.8 Å². The summed E-state index contributed by atoms with van der Waals surface area (Å²) < 4.78 is 27.6. The average Bonchev–Trinajstić information content (AvgIpc) is 2.59. The lowest BCUT2D eigenvalue weighted by Gasteiger charge is -2.26. The number of phenolic OH excluding ortho intramolecular Hbond substituents is 1. The van der Waals surface area contributed by atoms with Gasteiger partial charge in [0, 0.05) is 0 Å². The van der Waals surface area contributed by atoms with Gasteiger partial charge in [-0.3, -0.25) is 0 Å². The van der Waals surface area contributed by atoms with E-state index < -0.39 is 17.4 Å². The van der Waals surface area contributed by atoms with Gasteiger partial charge in [0.15, 0.2) is 17.4 Å². The molecule has 0 bridgehead atoms. The number of phenols is 1. The first-order chi connectivity index (χ1) is 11.0. The monoisotopic (exact) mass is 316 g/mol. The van der Waals surface area contributed by atoms with Crippen molar-refractivity contribution in [2.45, 2.75) is 51.4 Å². The fraction of sp³-hybridized carbons (Fsp3) is 0.400. The van der Waals surface area contributed by atoms with Crippen LogP contribution >= 0.6 is 0 Å². The fourth-order valence-corrected chi connectivity index (χ4v) is 3.45. The zero-order chi connectivity index (χ0) is 16.6. The van der Waals surface area contributed by atoms with E-state index in [1.807, 2.05) is 0 Å². The third kappa shape index (κ3) is 2.97. The van der Waals surface area contributed by atoms with E-state index >= 15 is 0 Å². The predicted molar refractivity (Wildman–Crippen MR) is 87.9 cm³/mol. The van der Waals surface area contributed by atoms with Crippen molar-refractivity contribution in [2.24, 2.45) is 0 Å². The molecule has 0 amide bonds. The molecule has 1 aliphatic carbocycles. The van der Waals surface area contributed by atoms with E-state index in [2.05, 4.69) is 38.1 Å². The summed E-state index contributed by atoms with van der Waals surface area (Å²) in [7, 11) is 0. The lowest BCUT2D eigenvalue weighted by atomic mass is 9.79. The number of hydrogen-bond acceptors (Lipinski definition) is 1. The van der Waals surface area contributed by atoms with Crippen molar-refractivity contribution in [3.8, 4) is 5.75 Å². The molecule has 2 unspecified atom stereocenters. The van der Waals surface area contributed by atoms with Gasteiger partial charge < -0.3 is 5.11 Å². The smallest absolute Gasteiger partial charge is 0.188 e. The molecule has 3 heteroatoms. The van der Waals surface area contributed by atoms with Crippen molar-refractivity contribution < 1.29 is 13.9 Å². The van der Waals surface area contributed by atoms with Crippen LogP contribution in [0.5, 0.6) is 5.75 Å². The minimum Gasteiger partial charge on any atom is -0.503 e. The summed E-state index contributed by atoms with van der Waals surface area (Å²) in [6.45, 7) is 4.39. The van der Waals surface area contributed by atoms with Gasteiger partial charge in [0.1, 0.15) is 0 Å². The third-order valence-corrected chi connectivity index (χ3v) is 5.19. The normalized spacial score (nSPS) is 18.5. The van der Waals surface area contributed by atoms with Crippen molar-refractivity contribution in [3.63, 3.8) is 0 Å². The topological polar surface area (TPSA) is 20.2 Å². The van der Waals surface area contributed by atoms with Gasteiger partial charge in [0.25, 0.3) is 0 Å². The first kappa shape index (κ1) is 16.0. The molecule has 0 aliphatic heterocycles. The predicted octanol–water partition coefficient (Wildman–Crippen LogP) is 5.46. The van der Waals surface area contributed by atoms with Crippen LogP contribution in [0.15, 0.2) is 30.3 Å². The van der Waals surface area contributed by atoms with Crippen molar-refractivity contribution in [2.75, 3.05) is 0 Å². The van der Waals surface area contributed by atoms with E-state index in [9.17, 15) is 13.9 Å². The van der Waals surface area contributed by atoms with Crippen molar-refractivity contribution in [1.29, 1.82) is 0 Å². The summed E-state index contributed by atoms with van der Waals surface area (Å²) in [6.07, 6.45) is 3.08. The molecule has 0 spiro atoms. The molecule has 1 nitrogen and oxygen atoms in total. The van der Waals surface area contributed by atoms with Gasteiger partial charge in [-0.15, -0.1) is 0 Å². The molecule has 2 aromatic carbocycles. The molecule has 2 aromatic rings. The molecule has 0 aromatic heterocycles. The Kier molecular flexibility index (Phi) is 4.38. The van der Waals surface area contributed by atoms with Gasteiger partial charge >= 0.3 is 0 Å². The Morgan fingerprint density at radius 1 is 1.22 bits per heavy atom. The SMILES string of the molecule is CCC(C)c1ccc(C2CCc3c(cc(F)c(O)c3F)C2)cc1. The standard InChI is InChI=1S/C20H22F2O/c1-3-12(2)13-4-6-14(7-5-13)15-8-9-17-16(10-15)11-18(21)20(23)19(17)22/h4-7,11-12,15,23H,3,8-10H2,1-2H3. The Labute approximate surface area is 136 Å². The Morgan fingerprint density at radius 2 is 1.91 bits per heavy atom. The van der Waals surface area contributed by atoms with Crippen LogP contribution in [0, 0.1) is 11.6 Å². The Hall–Kier alpha value is -1.90. The quantitative estimate of drug-likeness (QED) is 0.797. The average molecular weight is 316 g/mol. The molecule has 3 rings (SSSR count). The highest BCUT2D eigenvalue weighted by atomic mass is 19.1. The van der Waals surface area contributed by atoms with Crippen LogP contribution < -0.4 is 0 Å². The number of aromatic hydroxyl groups is 1. The summed E-state index contributed by atoms with van der Waals surface area (Å²) in [5, 5.41) is 9.40. The maximum Gasteiger partial charge on any atom is 0.188 e. The van der Waals surface area contributed by atoms with Gasteiger partial charge in [-0.25, -0.2) is 8.78 Å². The molecule has 0 heterocycles. The van der Waals surface area contributed by atoms with E-state index in [1.54, 1.807) is 0 Å². The third-order valence-electron chi connectivity index (χ3n) is 5.19. The van der Waals surface area contributed by atoms with Crippen molar-refractivity contribution in [1.82, 2.24) is 0 Å². The minimum absolute atomic E-state index is 0.275. The van der Waals surface area contributed by atoms with Gasteiger partial charge in [-0.2, -0.15) is 0 Å². The Balaban J connectivity index is 1.85. The number of hydrogen-bond donors (Lipinski definition) is 1. The molecule has 1 aliphatic rings. The maximum absolute atomic E-state index is 14.0. The van der Waals surface area contributed by atoms with Crippen LogP contribution in [0.1, 0.15) is 60.8 Å². The van der Waals surface area contributed by atoms with Crippen molar-refractivity contribution in [3.05, 3.63) is 64.2 Å². The molecule has 1 N–H and O–H groups in total. The summed E-state index contributed by atoms with van der Waals surface area (Å²) in [6, 6.07) is 9.90. The second kappa shape index (κ2) is 6.31. The Bertz CT molecular complexity index is 707. The Morgan fingerprint density at radius 3 is 2.57 bits per heavy atom. The van der Waals surface area contributed by atoms with Gasteiger partial charge in [-0.1, -0.05) is 38.1 Å². The van der Waals surface area contributed by atoms with E-state index in [4.69, 9.17) is 0 Å². The van der Waals surface area contributed by atoms with Crippen LogP contribution in [0.25, 0.3) is 0 Å². The summed E-state index contributed by atoms with van der Waals surface area (Å²) in [5.41, 5.74) is 3.70. The molecule has 23 heavy (non-hydrogen) atoms. The molecular formula is C20H22F2O. The largest absolute Gasteiger partial charge is 0.503 e. The van der Waals surface area contributed by atoms with E-state index in [0.717, 1.165) is 12.8 Å². The number of rotatable bonds is 3. The molecule has 0 saturated carbocycles. The number of fused-ring (bicyclic) bond motifs is 1. The lowest BCUT2D eigenvalue weighted by Crippen LogP contribution is -2.15. The number of benzene rings is 2. The summed E-state index contributed by atoms with van der Waals surface area (Å²) >= 11 is 0. The van der Waals surface area contributed by atoms with E-state index in [1.165, 1.54) is 17.2 Å². The molecule has 0 radical (unpaired) electrons. The lowest BCUT2D eigenvalue weighted by molar-refractivity contribution is 0.387. The van der Waals surface area contributed by atoms with Crippen molar-refractivity contribution >= 4 is 0 Å². The zero-order valence-electron chi connectivity index (χ0n) is 13.6. The first-order valence-corrected chi connectivity index (χ1v) is 8.29. The molecule has 2 atom stereocenters. The van der Waals surface area contributed by atoms with Crippen LogP contribution in [-0.4, -0.2) is 5.11 Å². The molecule has 0 saturated heterocycles. The second-order valence-electron chi connectivity index (χ2n) is 6.57. The van der Waals surface area contributed by atoms with Crippen LogP contribution in [0.3, 0.4) is 0 Å². The van der Waals surface area contributed by atoms with Crippen LogP contribution in [0.4, 0.5) is 8.78 Å². The fourth-order valence-electron chi connectivity index (χ4n) is 3.45. The second-order valence-corrected chi connectivity index (χ2v) is 6.57. The van der Waals surface area contributed by atoms with Crippen LogP contribution in [0.2, 0.25) is 0 Å².